The van der Waals surface area contributed by atoms with Crippen molar-refractivity contribution in [3.63, 3.8) is 0 Å². The number of fused-ring (bicyclic) bond motifs is 2. The molecule has 0 aliphatic carbocycles. The van der Waals surface area contributed by atoms with Crippen LogP contribution in [0.2, 0.25) is 0 Å². The Morgan fingerprint density at radius 2 is 2.03 bits per heavy atom. The molecule has 7 nitrogen and oxygen atoms in total. The third kappa shape index (κ3) is 3.31. The normalized spacial score (nSPS) is 15.3. The lowest BCUT2D eigenvalue weighted by molar-refractivity contribution is 0.0692. The van der Waals surface area contributed by atoms with E-state index >= 15 is 0 Å². The van der Waals surface area contributed by atoms with E-state index in [1.54, 1.807) is 24.7 Å². The Hall–Kier alpha value is -4.07. The number of hydrogen-bond donors (Lipinski definition) is 1. The third-order valence-corrected chi connectivity index (χ3v) is 5.46. The zero-order chi connectivity index (χ0) is 21.5. The molecule has 0 spiro atoms. The van der Waals surface area contributed by atoms with Gasteiger partial charge in [0.1, 0.15) is 11.9 Å². The molecule has 0 fully saturated rings. The number of aliphatic imine (C=N–C) groups is 1. The molecule has 1 unspecified atom stereocenters. The molecule has 1 aliphatic rings. The number of nitrogens with zero attached hydrogens (tertiary/aromatic N) is 5. The summed E-state index contributed by atoms with van der Waals surface area (Å²) in [6.45, 7) is 0. The summed E-state index contributed by atoms with van der Waals surface area (Å²) in [4.78, 5) is 24.3. The van der Waals surface area contributed by atoms with Gasteiger partial charge in [-0.25, -0.2) is 23.8 Å². The lowest BCUT2D eigenvalue weighted by Crippen LogP contribution is -2.38. The molecule has 31 heavy (non-hydrogen) atoms. The molecule has 0 radical (unpaired) electrons. The van der Waals surface area contributed by atoms with Gasteiger partial charge in [-0.05, 0) is 41.5 Å². The number of halogens is 1. The van der Waals surface area contributed by atoms with E-state index in [4.69, 9.17) is 5.11 Å². The number of hydrogen-bond acceptors (Lipinski definition) is 5. The van der Waals surface area contributed by atoms with Crippen LogP contribution in [0.1, 0.15) is 33.2 Å². The van der Waals surface area contributed by atoms with Crippen LogP contribution in [0.15, 0.2) is 65.9 Å². The highest BCUT2D eigenvalue weighted by molar-refractivity contribution is 5.88. The van der Waals surface area contributed by atoms with Gasteiger partial charge in [0.25, 0.3) is 0 Å². The highest BCUT2D eigenvalue weighted by Crippen LogP contribution is 2.29. The number of carbonyl (C=O) groups is 1. The minimum absolute atomic E-state index is 0.353. The van der Waals surface area contributed by atoms with Gasteiger partial charge in [-0.1, -0.05) is 18.2 Å². The summed E-state index contributed by atoms with van der Waals surface area (Å²) in [5.41, 5.74) is 3.24. The van der Waals surface area contributed by atoms with Crippen molar-refractivity contribution in [1.82, 2.24) is 14.6 Å². The van der Waals surface area contributed by atoms with E-state index in [2.05, 4.69) is 21.0 Å². The summed E-state index contributed by atoms with van der Waals surface area (Å²) in [6.07, 6.45) is 5.88. The summed E-state index contributed by atoms with van der Waals surface area (Å²) in [5.74, 6) is -1.52. The zero-order valence-corrected chi connectivity index (χ0v) is 16.6. The van der Waals surface area contributed by atoms with Crippen LogP contribution in [0.3, 0.4) is 0 Å². The molecule has 0 saturated heterocycles. The molecule has 0 bridgehead atoms. The predicted octanol–water partition coefficient (Wildman–Crippen LogP) is 3.88. The smallest absolute Gasteiger partial charge is 0.338 e. The predicted molar refractivity (Wildman–Crippen MR) is 115 cm³/mol. The Bertz CT molecular complexity index is 1350. The van der Waals surface area contributed by atoms with E-state index < -0.39 is 11.8 Å². The number of carboxylic acid groups (broad SMARTS) is 1. The SMILES string of the molecule is CN1C(c2ccc(C(=O)O)c(F)c2)C=Nc2ncc(Cc3ccc4ncccc4c3)n21. The zero-order valence-electron chi connectivity index (χ0n) is 16.6. The molecule has 0 saturated carbocycles. The van der Waals surface area contributed by atoms with Crippen molar-refractivity contribution in [3.8, 4) is 0 Å². The molecule has 1 N–H and O–H groups in total. The Morgan fingerprint density at radius 3 is 2.84 bits per heavy atom. The maximum Gasteiger partial charge on any atom is 0.338 e. The van der Waals surface area contributed by atoms with Crippen molar-refractivity contribution in [1.29, 1.82) is 0 Å². The first-order chi connectivity index (χ1) is 15.0. The second-order valence-corrected chi connectivity index (χ2v) is 7.41. The van der Waals surface area contributed by atoms with E-state index in [-0.39, 0.29) is 11.6 Å². The molecule has 154 valence electrons. The van der Waals surface area contributed by atoms with Gasteiger partial charge in [-0.3, -0.25) is 4.98 Å². The van der Waals surface area contributed by atoms with Crippen LogP contribution in [-0.2, 0) is 6.42 Å². The maximum atomic E-state index is 14.2. The fourth-order valence-corrected chi connectivity index (χ4v) is 3.92. The van der Waals surface area contributed by atoms with Crippen molar-refractivity contribution >= 4 is 29.0 Å². The van der Waals surface area contributed by atoms with Crippen molar-refractivity contribution in [3.05, 3.63) is 89.1 Å². The van der Waals surface area contributed by atoms with Crippen LogP contribution in [0.4, 0.5) is 10.3 Å². The summed E-state index contributed by atoms with van der Waals surface area (Å²) in [6, 6.07) is 13.8. The van der Waals surface area contributed by atoms with Crippen molar-refractivity contribution in [2.75, 3.05) is 12.1 Å². The Labute approximate surface area is 177 Å². The fraction of sp³-hybridized carbons (Fsp3) is 0.130. The van der Waals surface area contributed by atoms with Gasteiger partial charge >= 0.3 is 5.97 Å². The summed E-state index contributed by atoms with van der Waals surface area (Å²) in [5, 5.41) is 12.1. The molecular formula is C23H18FN5O2. The first-order valence-corrected chi connectivity index (χ1v) is 9.71. The minimum atomic E-state index is -1.29. The van der Waals surface area contributed by atoms with Crippen molar-refractivity contribution in [2.24, 2.45) is 4.99 Å². The number of pyridine rings is 1. The van der Waals surface area contributed by atoms with Gasteiger partial charge < -0.3 is 10.1 Å². The average Bonchev–Trinajstić information content (AvgIpc) is 3.17. The fourth-order valence-electron chi connectivity index (χ4n) is 3.92. The number of aromatic nitrogens is 3. The van der Waals surface area contributed by atoms with Gasteiger partial charge in [0.15, 0.2) is 0 Å². The second kappa shape index (κ2) is 7.32. The van der Waals surface area contributed by atoms with E-state index in [9.17, 15) is 9.18 Å². The summed E-state index contributed by atoms with van der Waals surface area (Å²) in [7, 11) is 1.87. The van der Waals surface area contributed by atoms with Crippen LogP contribution < -0.4 is 5.01 Å². The van der Waals surface area contributed by atoms with E-state index in [1.807, 2.05) is 41.0 Å². The first kappa shape index (κ1) is 18.9. The first-order valence-electron chi connectivity index (χ1n) is 9.71. The summed E-state index contributed by atoms with van der Waals surface area (Å²) < 4.78 is 16.1. The quantitative estimate of drug-likeness (QED) is 0.547. The van der Waals surface area contributed by atoms with Gasteiger partial charge in [0.2, 0.25) is 5.95 Å². The van der Waals surface area contributed by atoms with Crippen LogP contribution in [-0.4, -0.2) is 39.0 Å². The Kier molecular flexibility index (Phi) is 4.47. The molecule has 2 aromatic carbocycles. The molecule has 0 amide bonds. The number of rotatable bonds is 4. The van der Waals surface area contributed by atoms with Crippen LogP contribution in [0.5, 0.6) is 0 Å². The van der Waals surface area contributed by atoms with E-state index in [1.165, 1.54) is 12.1 Å². The standard InChI is InChI=1S/C23H18FN5O2/c1-28-21(16-5-6-18(22(30)31)19(24)11-16)13-27-23-26-12-17(29(23)28)10-14-4-7-20-15(9-14)3-2-8-25-20/h2-9,11-13,21H,10H2,1H3,(H,30,31). The van der Waals surface area contributed by atoms with E-state index in [0.717, 1.165) is 22.2 Å². The molecule has 1 aliphatic heterocycles. The van der Waals surface area contributed by atoms with Crippen LogP contribution in [0.25, 0.3) is 10.9 Å². The van der Waals surface area contributed by atoms with Gasteiger partial charge in [0, 0.05) is 31.3 Å². The molecule has 2 aromatic heterocycles. The minimum Gasteiger partial charge on any atom is -0.478 e. The second-order valence-electron chi connectivity index (χ2n) is 7.41. The van der Waals surface area contributed by atoms with Gasteiger partial charge in [0.05, 0.1) is 23.0 Å². The maximum absolute atomic E-state index is 14.2. The summed E-state index contributed by atoms with van der Waals surface area (Å²) >= 11 is 0. The number of benzene rings is 2. The van der Waals surface area contributed by atoms with Gasteiger partial charge in [-0.2, -0.15) is 0 Å². The van der Waals surface area contributed by atoms with Crippen LogP contribution >= 0.6 is 0 Å². The Morgan fingerprint density at radius 1 is 1.16 bits per heavy atom. The van der Waals surface area contributed by atoms with Crippen molar-refractivity contribution in [2.45, 2.75) is 12.5 Å². The van der Waals surface area contributed by atoms with Crippen LogP contribution in [0, 0.1) is 5.82 Å². The van der Waals surface area contributed by atoms with Crippen molar-refractivity contribution < 1.29 is 14.3 Å². The largest absolute Gasteiger partial charge is 0.478 e. The molecule has 8 heteroatoms. The monoisotopic (exact) mass is 415 g/mol. The Balaban J connectivity index is 1.47. The molecular weight excluding hydrogens is 397 g/mol. The van der Waals surface area contributed by atoms with E-state index in [0.29, 0.717) is 17.9 Å². The highest BCUT2D eigenvalue weighted by atomic mass is 19.1. The lowest BCUT2D eigenvalue weighted by Gasteiger charge is -2.33. The third-order valence-electron chi connectivity index (χ3n) is 5.46. The number of imidazole rings is 1. The lowest BCUT2D eigenvalue weighted by atomic mass is 10.0. The highest BCUT2D eigenvalue weighted by Gasteiger charge is 2.26. The molecule has 1 atom stereocenters. The average molecular weight is 415 g/mol. The van der Waals surface area contributed by atoms with Gasteiger partial charge in [-0.15, -0.1) is 0 Å². The molecule has 5 rings (SSSR count). The number of aromatic carboxylic acids is 1. The molecule has 4 aromatic rings. The number of carboxylic acids is 1. The molecule has 3 heterocycles. The topological polar surface area (TPSA) is 83.6 Å².